The SMILES string of the molecule is O=C(COc1ccccc1[C@H]1c2sc(=O)[nH]c2SC2C(=O)N(c3cccc(C(F)(F)F)c3)C(=O)C21)Nc1ccc(Cl)cc1. The van der Waals surface area contributed by atoms with Crippen molar-refractivity contribution >= 4 is 63.8 Å². The number of imide groups is 1. The van der Waals surface area contributed by atoms with Crippen LogP contribution in [-0.4, -0.2) is 34.6 Å². The van der Waals surface area contributed by atoms with Crippen molar-refractivity contribution in [3.8, 4) is 5.75 Å². The number of fused-ring (bicyclic) bond motifs is 2. The molecule has 1 saturated heterocycles. The Labute approximate surface area is 254 Å². The molecule has 1 fully saturated rings. The van der Waals surface area contributed by atoms with Crippen molar-refractivity contribution in [1.29, 1.82) is 0 Å². The van der Waals surface area contributed by atoms with E-state index in [9.17, 15) is 32.3 Å². The Morgan fingerprint density at radius 2 is 1.74 bits per heavy atom. The summed E-state index contributed by atoms with van der Waals surface area (Å²) in [5.74, 6) is -3.53. The average molecular weight is 646 g/mol. The number of hydrogen-bond donors (Lipinski definition) is 2. The van der Waals surface area contributed by atoms with Gasteiger partial charge in [-0.05, 0) is 48.5 Å². The van der Waals surface area contributed by atoms with Crippen LogP contribution < -0.4 is 19.8 Å². The lowest BCUT2D eigenvalue weighted by atomic mass is 9.82. The van der Waals surface area contributed by atoms with E-state index in [1.54, 1.807) is 48.5 Å². The van der Waals surface area contributed by atoms with Gasteiger partial charge < -0.3 is 15.0 Å². The van der Waals surface area contributed by atoms with Crippen LogP contribution in [0.4, 0.5) is 24.5 Å². The Kier molecular flexibility index (Phi) is 7.57. The number of thioether (sulfide) groups is 1. The number of hydrogen-bond acceptors (Lipinski definition) is 7. The number of nitrogens with zero attached hydrogens (tertiary/aromatic N) is 1. The van der Waals surface area contributed by atoms with Gasteiger partial charge in [0, 0.05) is 27.1 Å². The number of halogens is 4. The largest absolute Gasteiger partial charge is 0.483 e. The molecule has 2 unspecified atom stereocenters. The predicted molar refractivity (Wildman–Crippen MR) is 156 cm³/mol. The van der Waals surface area contributed by atoms with Gasteiger partial charge in [0.25, 0.3) is 5.91 Å². The first kappa shape index (κ1) is 29.0. The number of rotatable bonds is 6. The van der Waals surface area contributed by atoms with E-state index in [0.29, 0.717) is 26.2 Å². The topological polar surface area (TPSA) is 109 Å². The molecule has 0 radical (unpaired) electrons. The number of para-hydroxylation sites is 1. The summed E-state index contributed by atoms with van der Waals surface area (Å²) in [5, 5.41) is 2.57. The van der Waals surface area contributed by atoms with Crippen LogP contribution in [0.3, 0.4) is 0 Å². The van der Waals surface area contributed by atoms with Crippen LogP contribution in [0.2, 0.25) is 5.02 Å². The van der Waals surface area contributed by atoms with E-state index >= 15 is 0 Å². The third-order valence-corrected chi connectivity index (χ3v) is 9.65. The Hall–Kier alpha value is -4.07. The standard InChI is InChI=1S/C29H19ClF3N3O5S2/c30-15-8-10-16(11-9-15)34-20(37)13-41-19-7-2-1-6-18(19)21-22-24(42-25-23(21)43-28(40)35-25)27(39)36(26(22)38)17-5-3-4-14(12-17)29(31,32)33/h1-12,21-22,24H,13H2,(H,34,37)(H,35,40)/t21-,22?,24?/m1/s1. The van der Waals surface area contributed by atoms with Gasteiger partial charge in [-0.15, -0.1) is 0 Å². The highest BCUT2D eigenvalue weighted by Crippen LogP contribution is 2.54. The summed E-state index contributed by atoms with van der Waals surface area (Å²) in [6, 6.07) is 17.2. The van der Waals surface area contributed by atoms with Crippen molar-refractivity contribution in [1.82, 2.24) is 4.98 Å². The third kappa shape index (κ3) is 5.55. The number of aromatic amines is 1. The molecule has 8 nitrogen and oxygen atoms in total. The molecular formula is C29H19ClF3N3O5S2. The molecule has 2 aliphatic heterocycles. The van der Waals surface area contributed by atoms with Gasteiger partial charge in [-0.1, -0.05) is 59.0 Å². The lowest BCUT2D eigenvalue weighted by Gasteiger charge is -2.30. The smallest absolute Gasteiger partial charge is 0.416 e. The number of ether oxygens (including phenoxy) is 1. The zero-order chi connectivity index (χ0) is 30.5. The molecule has 6 rings (SSSR count). The fraction of sp³-hybridized carbons (Fsp3) is 0.172. The summed E-state index contributed by atoms with van der Waals surface area (Å²) in [6.45, 7) is -0.394. The predicted octanol–water partition coefficient (Wildman–Crippen LogP) is 5.92. The Bertz CT molecular complexity index is 1810. The van der Waals surface area contributed by atoms with Gasteiger partial charge in [-0.25, -0.2) is 4.90 Å². The maximum atomic E-state index is 13.9. The lowest BCUT2D eigenvalue weighted by Crippen LogP contribution is -2.32. The van der Waals surface area contributed by atoms with Crippen molar-refractivity contribution in [3.05, 3.63) is 103 Å². The summed E-state index contributed by atoms with van der Waals surface area (Å²) in [6.07, 6.45) is -4.67. The van der Waals surface area contributed by atoms with Gasteiger partial charge in [-0.2, -0.15) is 13.2 Å². The van der Waals surface area contributed by atoms with Crippen LogP contribution in [0.1, 0.15) is 21.9 Å². The second-order valence-electron chi connectivity index (χ2n) is 9.69. The highest BCUT2D eigenvalue weighted by molar-refractivity contribution is 8.00. The summed E-state index contributed by atoms with van der Waals surface area (Å²) in [7, 11) is 0. The molecule has 14 heteroatoms. The summed E-state index contributed by atoms with van der Waals surface area (Å²) >= 11 is 7.77. The monoisotopic (exact) mass is 645 g/mol. The molecular weight excluding hydrogens is 627 g/mol. The van der Waals surface area contributed by atoms with Crippen LogP contribution >= 0.6 is 34.7 Å². The quantitative estimate of drug-likeness (QED) is 0.252. The Morgan fingerprint density at radius 1 is 1.00 bits per heavy atom. The zero-order valence-corrected chi connectivity index (χ0v) is 24.1. The molecule has 3 aromatic carbocycles. The minimum Gasteiger partial charge on any atom is -0.483 e. The van der Waals surface area contributed by atoms with Gasteiger partial charge in [0.2, 0.25) is 11.8 Å². The molecule has 0 saturated carbocycles. The molecule has 2 aliphatic rings. The molecule has 3 amide bonds. The molecule has 220 valence electrons. The molecule has 3 heterocycles. The summed E-state index contributed by atoms with van der Waals surface area (Å²) in [4.78, 5) is 56.2. The number of carbonyl (C=O) groups excluding carboxylic acids is 3. The van der Waals surface area contributed by atoms with Gasteiger partial charge in [0.15, 0.2) is 6.61 Å². The van der Waals surface area contributed by atoms with Gasteiger partial charge >= 0.3 is 11.0 Å². The van der Waals surface area contributed by atoms with Crippen LogP contribution in [0, 0.1) is 5.92 Å². The van der Waals surface area contributed by atoms with Crippen LogP contribution in [0.15, 0.2) is 82.6 Å². The molecule has 0 bridgehead atoms. The maximum Gasteiger partial charge on any atom is 0.416 e. The van der Waals surface area contributed by atoms with E-state index in [0.717, 1.165) is 46.2 Å². The maximum absolute atomic E-state index is 13.9. The first-order valence-electron chi connectivity index (χ1n) is 12.7. The number of amides is 3. The van der Waals surface area contributed by atoms with E-state index in [-0.39, 0.29) is 11.4 Å². The lowest BCUT2D eigenvalue weighted by molar-refractivity contribution is -0.137. The molecule has 4 aromatic rings. The summed E-state index contributed by atoms with van der Waals surface area (Å²) < 4.78 is 46.2. The number of H-pyrrole nitrogens is 1. The van der Waals surface area contributed by atoms with Crippen molar-refractivity contribution in [3.63, 3.8) is 0 Å². The minimum atomic E-state index is -4.67. The second-order valence-corrected chi connectivity index (χ2v) is 12.3. The van der Waals surface area contributed by atoms with E-state index < -0.39 is 58.0 Å². The zero-order valence-electron chi connectivity index (χ0n) is 21.7. The molecule has 3 atom stereocenters. The van der Waals surface area contributed by atoms with Crippen LogP contribution in [0.25, 0.3) is 0 Å². The number of nitrogens with one attached hydrogen (secondary N) is 2. The van der Waals surface area contributed by atoms with E-state index in [1.165, 1.54) is 6.07 Å². The molecule has 1 aromatic heterocycles. The van der Waals surface area contributed by atoms with Crippen molar-refractivity contribution in [2.24, 2.45) is 5.92 Å². The normalized spacial score (nSPS) is 19.6. The van der Waals surface area contributed by atoms with Crippen LogP contribution in [0.5, 0.6) is 5.75 Å². The number of anilines is 2. The highest BCUT2D eigenvalue weighted by Gasteiger charge is 2.57. The molecule has 0 aliphatic carbocycles. The molecule has 43 heavy (non-hydrogen) atoms. The van der Waals surface area contributed by atoms with Crippen LogP contribution in [-0.2, 0) is 20.6 Å². The minimum absolute atomic E-state index is 0.196. The Morgan fingerprint density at radius 3 is 2.49 bits per heavy atom. The fourth-order valence-electron chi connectivity index (χ4n) is 5.17. The number of aromatic nitrogens is 1. The number of carbonyl (C=O) groups is 3. The fourth-order valence-corrected chi connectivity index (χ4v) is 7.80. The average Bonchev–Trinajstić information content (AvgIpc) is 3.47. The summed E-state index contributed by atoms with van der Waals surface area (Å²) in [5.41, 5.74) is -0.242. The number of benzene rings is 3. The second kappa shape index (κ2) is 11.2. The first-order valence-corrected chi connectivity index (χ1v) is 14.8. The van der Waals surface area contributed by atoms with Gasteiger partial charge in [-0.3, -0.25) is 19.2 Å². The van der Waals surface area contributed by atoms with E-state index in [1.807, 2.05) is 0 Å². The highest BCUT2D eigenvalue weighted by atomic mass is 35.5. The van der Waals surface area contributed by atoms with E-state index in [2.05, 4.69) is 10.3 Å². The number of alkyl halides is 3. The third-order valence-electron chi connectivity index (χ3n) is 7.00. The first-order chi connectivity index (χ1) is 20.5. The molecule has 0 spiro atoms. The van der Waals surface area contributed by atoms with E-state index in [4.69, 9.17) is 16.3 Å². The van der Waals surface area contributed by atoms with Crippen molar-refractivity contribution < 1.29 is 32.3 Å². The van der Waals surface area contributed by atoms with Crippen molar-refractivity contribution in [2.75, 3.05) is 16.8 Å². The Balaban J connectivity index is 1.34. The van der Waals surface area contributed by atoms with Gasteiger partial charge in [0.05, 0.1) is 22.2 Å². The van der Waals surface area contributed by atoms with Gasteiger partial charge in [0.1, 0.15) is 11.0 Å². The number of thiazole rings is 1. The molecule has 2 N–H and O–H groups in total. The van der Waals surface area contributed by atoms with Crippen molar-refractivity contribution in [2.45, 2.75) is 22.4 Å².